The van der Waals surface area contributed by atoms with Gasteiger partial charge < -0.3 is 19.4 Å². The lowest BCUT2D eigenvalue weighted by Crippen LogP contribution is -2.58. The monoisotopic (exact) mass is 358 g/mol. The molecule has 2 N–H and O–H groups in total. The number of esters is 1. The van der Waals surface area contributed by atoms with E-state index in [0.29, 0.717) is 0 Å². The Labute approximate surface area is 147 Å². The Bertz CT molecular complexity index is 469. The fourth-order valence-corrected chi connectivity index (χ4v) is 4.17. The Hall–Kier alpha value is -0.693. The molecule has 0 radical (unpaired) electrons. The van der Waals surface area contributed by atoms with Crippen molar-refractivity contribution in [2.24, 2.45) is 5.92 Å². The highest BCUT2D eigenvalue weighted by atomic mass is 28.4. The smallest absolute Gasteiger partial charge is 0.337 e. The van der Waals surface area contributed by atoms with Gasteiger partial charge in [0, 0.05) is 12.3 Å². The summed E-state index contributed by atoms with van der Waals surface area (Å²) in [6.07, 6.45) is 3.52. The third kappa shape index (κ3) is 4.68. The molecule has 24 heavy (non-hydrogen) atoms. The Kier molecular flexibility index (Phi) is 6.83. The number of carbonyl (C=O) groups is 1. The number of aliphatic hydroxyl groups excluding tert-OH is 1. The van der Waals surface area contributed by atoms with Gasteiger partial charge >= 0.3 is 5.97 Å². The number of carbonyl (C=O) groups excluding carboxylic acids is 1. The number of allylic oxidation sites excluding steroid dienone is 1. The molecule has 0 aromatic rings. The van der Waals surface area contributed by atoms with E-state index in [4.69, 9.17) is 9.16 Å². The minimum absolute atomic E-state index is 0.0255. The molecule has 1 rings (SSSR count). The van der Waals surface area contributed by atoms with Gasteiger partial charge in [0.05, 0.1) is 19.3 Å². The number of methoxy groups -OCH3 is 1. The first-order valence-corrected chi connectivity index (χ1v) is 11.6. The molecule has 0 unspecified atom stereocenters. The SMILES string of the molecule is CCC=C[C@@H]1C[C@@](O)(C(=O)OC)C[C@@H](O[Si](C)(C)C(C)(C)C)[C@@H]1O. The largest absolute Gasteiger partial charge is 0.467 e. The van der Waals surface area contributed by atoms with E-state index in [-0.39, 0.29) is 23.8 Å². The van der Waals surface area contributed by atoms with Gasteiger partial charge in [-0.2, -0.15) is 0 Å². The quantitative estimate of drug-likeness (QED) is 0.449. The van der Waals surface area contributed by atoms with Gasteiger partial charge in [-0.15, -0.1) is 0 Å². The first kappa shape index (κ1) is 21.3. The molecule has 0 aliphatic heterocycles. The summed E-state index contributed by atoms with van der Waals surface area (Å²) in [6, 6.07) is 0. The standard InChI is InChI=1S/C18H34O5Si/c1-8-9-10-13-11-18(21,16(20)22-5)12-14(15(13)19)23-24(6,7)17(2,3)4/h9-10,13-15,19,21H,8,11-12H2,1-7H3/t13-,14-,15-,18+/m1/s1. The lowest BCUT2D eigenvalue weighted by atomic mass is 9.74. The van der Waals surface area contributed by atoms with Crippen LogP contribution < -0.4 is 0 Å². The number of hydrogen-bond donors (Lipinski definition) is 2. The van der Waals surface area contributed by atoms with E-state index in [0.717, 1.165) is 6.42 Å². The summed E-state index contributed by atoms with van der Waals surface area (Å²) >= 11 is 0. The Morgan fingerprint density at radius 2 is 1.92 bits per heavy atom. The maximum Gasteiger partial charge on any atom is 0.337 e. The zero-order valence-corrected chi connectivity index (χ0v) is 17.1. The van der Waals surface area contributed by atoms with Crippen LogP contribution in [0.4, 0.5) is 0 Å². The van der Waals surface area contributed by atoms with Crippen LogP contribution >= 0.6 is 0 Å². The molecule has 1 aliphatic carbocycles. The van der Waals surface area contributed by atoms with Gasteiger partial charge in [-0.05, 0) is 31.0 Å². The van der Waals surface area contributed by atoms with Crippen molar-refractivity contribution in [1.29, 1.82) is 0 Å². The van der Waals surface area contributed by atoms with Crippen molar-refractivity contribution >= 4 is 14.3 Å². The topological polar surface area (TPSA) is 76.0 Å². The highest BCUT2D eigenvalue weighted by Gasteiger charge is 2.52. The second kappa shape index (κ2) is 7.68. The van der Waals surface area contributed by atoms with Crippen molar-refractivity contribution in [2.45, 2.75) is 82.9 Å². The van der Waals surface area contributed by atoms with Crippen LogP contribution in [-0.2, 0) is 14.0 Å². The second-order valence-corrected chi connectivity index (χ2v) is 13.1. The number of rotatable bonds is 5. The van der Waals surface area contributed by atoms with Crippen LogP contribution in [0, 0.1) is 5.92 Å². The molecule has 0 bridgehead atoms. The minimum atomic E-state index is -2.15. The molecule has 0 spiro atoms. The molecule has 6 heteroatoms. The van der Waals surface area contributed by atoms with Crippen LogP contribution in [0.2, 0.25) is 18.1 Å². The van der Waals surface area contributed by atoms with Crippen LogP contribution in [0.3, 0.4) is 0 Å². The van der Waals surface area contributed by atoms with Gasteiger partial charge in [0.1, 0.15) is 0 Å². The summed E-state index contributed by atoms with van der Waals surface area (Å²) < 4.78 is 11.1. The maximum atomic E-state index is 12.1. The van der Waals surface area contributed by atoms with Crippen molar-refractivity contribution in [2.75, 3.05) is 7.11 Å². The van der Waals surface area contributed by atoms with Gasteiger partial charge in [0.2, 0.25) is 0 Å². The molecule has 0 aromatic heterocycles. The normalized spacial score (nSPS) is 32.1. The maximum absolute atomic E-state index is 12.1. The Balaban J connectivity index is 3.12. The highest BCUT2D eigenvalue weighted by molar-refractivity contribution is 6.74. The van der Waals surface area contributed by atoms with Crippen molar-refractivity contribution in [3.63, 3.8) is 0 Å². The van der Waals surface area contributed by atoms with E-state index in [1.54, 1.807) is 0 Å². The molecule has 0 saturated heterocycles. The van der Waals surface area contributed by atoms with Crippen LogP contribution in [0.5, 0.6) is 0 Å². The molecule has 140 valence electrons. The molecule has 1 aliphatic rings. The second-order valence-electron chi connectivity index (χ2n) is 8.34. The molecule has 0 heterocycles. The van der Waals surface area contributed by atoms with Crippen molar-refractivity contribution in [3.05, 3.63) is 12.2 Å². The number of aliphatic hydroxyl groups is 2. The summed E-state index contributed by atoms with van der Waals surface area (Å²) in [5.41, 5.74) is -1.62. The van der Waals surface area contributed by atoms with Crippen molar-refractivity contribution in [1.82, 2.24) is 0 Å². The lowest BCUT2D eigenvalue weighted by molar-refractivity contribution is -0.178. The van der Waals surface area contributed by atoms with Crippen LogP contribution in [0.15, 0.2) is 12.2 Å². The van der Waals surface area contributed by atoms with E-state index in [9.17, 15) is 15.0 Å². The molecular weight excluding hydrogens is 324 g/mol. The fourth-order valence-electron chi connectivity index (χ4n) is 2.84. The highest BCUT2D eigenvalue weighted by Crippen LogP contribution is 2.42. The molecule has 4 atom stereocenters. The first-order chi connectivity index (χ1) is 10.9. The van der Waals surface area contributed by atoms with Gasteiger partial charge in [-0.1, -0.05) is 39.8 Å². The minimum Gasteiger partial charge on any atom is -0.467 e. The summed E-state index contributed by atoms with van der Waals surface area (Å²) in [4.78, 5) is 12.1. The Morgan fingerprint density at radius 1 is 1.33 bits per heavy atom. The lowest BCUT2D eigenvalue weighted by Gasteiger charge is -2.46. The van der Waals surface area contributed by atoms with Gasteiger partial charge in [0.15, 0.2) is 13.9 Å². The first-order valence-electron chi connectivity index (χ1n) is 8.71. The predicted octanol–water partition coefficient (Wildman–Crippen LogP) is 3.02. The van der Waals surface area contributed by atoms with E-state index >= 15 is 0 Å². The van der Waals surface area contributed by atoms with Crippen LogP contribution in [-0.4, -0.2) is 49.4 Å². The third-order valence-electron chi connectivity index (χ3n) is 5.37. The summed E-state index contributed by atoms with van der Waals surface area (Å²) in [5, 5.41) is 21.5. The average molecular weight is 359 g/mol. The molecule has 0 aromatic carbocycles. The fraction of sp³-hybridized carbons (Fsp3) is 0.833. The molecule has 1 saturated carbocycles. The van der Waals surface area contributed by atoms with Gasteiger partial charge in [0.25, 0.3) is 0 Å². The molecule has 1 fully saturated rings. The third-order valence-corrected chi connectivity index (χ3v) is 9.87. The molecular formula is C18H34O5Si. The Morgan fingerprint density at radius 3 is 2.38 bits per heavy atom. The summed E-state index contributed by atoms with van der Waals surface area (Å²) in [7, 11) is -0.880. The molecule has 5 nitrogen and oxygen atoms in total. The van der Waals surface area contributed by atoms with Crippen LogP contribution in [0.1, 0.15) is 47.0 Å². The van der Waals surface area contributed by atoms with Crippen LogP contribution in [0.25, 0.3) is 0 Å². The van der Waals surface area contributed by atoms with Gasteiger partial charge in [-0.25, -0.2) is 4.79 Å². The van der Waals surface area contributed by atoms with E-state index < -0.39 is 32.1 Å². The molecule has 0 amide bonds. The number of hydrogen-bond acceptors (Lipinski definition) is 5. The zero-order valence-electron chi connectivity index (χ0n) is 16.1. The average Bonchev–Trinajstić information content (AvgIpc) is 2.46. The van der Waals surface area contributed by atoms with Gasteiger partial charge in [-0.3, -0.25) is 0 Å². The van der Waals surface area contributed by atoms with E-state index in [2.05, 4.69) is 33.9 Å². The predicted molar refractivity (Wildman–Crippen MR) is 97.2 cm³/mol. The summed E-state index contributed by atoms with van der Waals surface area (Å²) in [5.74, 6) is -0.995. The van der Waals surface area contributed by atoms with E-state index in [1.165, 1.54) is 7.11 Å². The van der Waals surface area contributed by atoms with Crippen molar-refractivity contribution in [3.8, 4) is 0 Å². The van der Waals surface area contributed by atoms with E-state index in [1.807, 2.05) is 19.1 Å². The zero-order chi connectivity index (χ0) is 18.8. The van der Waals surface area contributed by atoms with Crippen molar-refractivity contribution < 1.29 is 24.2 Å². The summed E-state index contributed by atoms with van der Waals surface area (Å²) in [6.45, 7) is 12.6. The number of ether oxygens (including phenoxy) is 1.